The van der Waals surface area contributed by atoms with E-state index in [0.29, 0.717) is 12.6 Å². The molecule has 0 aromatic carbocycles. The highest BCUT2D eigenvalue weighted by atomic mass is 16.4. The molecule has 1 saturated carbocycles. The van der Waals surface area contributed by atoms with E-state index in [0.717, 1.165) is 13.0 Å². The molecule has 0 aliphatic heterocycles. The van der Waals surface area contributed by atoms with E-state index in [1.807, 2.05) is 0 Å². The molecule has 1 atom stereocenters. The molecule has 18 heavy (non-hydrogen) atoms. The molecule has 7 nitrogen and oxygen atoms in total. The molecule has 104 valence electrons. The number of carbonyl (C=O) groups is 2. The van der Waals surface area contributed by atoms with Crippen LogP contribution in [0.25, 0.3) is 0 Å². The molecule has 1 fully saturated rings. The number of hydrogen-bond donors (Lipinski definition) is 5. The third-order valence-electron chi connectivity index (χ3n) is 2.64. The van der Waals surface area contributed by atoms with Crippen molar-refractivity contribution in [3.8, 4) is 0 Å². The van der Waals surface area contributed by atoms with Gasteiger partial charge in [0.05, 0.1) is 0 Å². The van der Waals surface area contributed by atoms with E-state index in [1.54, 1.807) is 0 Å². The van der Waals surface area contributed by atoms with Crippen LogP contribution in [0.3, 0.4) is 0 Å². The number of hydrogen-bond acceptors (Lipinski definition) is 4. The number of amides is 2. The quantitative estimate of drug-likeness (QED) is 0.350. The van der Waals surface area contributed by atoms with E-state index >= 15 is 0 Å². The van der Waals surface area contributed by atoms with Crippen molar-refractivity contribution in [2.75, 3.05) is 19.6 Å². The molecular weight excluding hydrogens is 238 g/mol. The number of carboxylic acids is 1. The van der Waals surface area contributed by atoms with Crippen molar-refractivity contribution in [1.82, 2.24) is 16.0 Å². The molecule has 1 aliphatic carbocycles. The lowest BCUT2D eigenvalue weighted by Gasteiger charge is -2.09. The van der Waals surface area contributed by atoms with Crippen LogP contribution in [0.1, 0.15) is 25.7 Å². The second-order valence-corrected chi connectivity index (χ2v) is 4.41. The van der Waals surface area contributed by atoms with Crippen LogP contribution in [0.4, 0.5) is 4.79 Å². The fraction of sp³-hybridized carbons (Fsp3) is 0.818. The van der Waals surface area contributed by atoms with Gasteiger partial charge in [-0.1, -0.05) is 0 Å². The van der Waals surface area contributed by atoms with Crippen molar-refractivity contribution < 1.29 is 19.8 Å². The Morgan fingerprint density at radius 3 is 2.44 bits per heavy atom. The highest BCUT2D eigenvalue weighted by Crippen LogP contribution is 2.18. The van der Waals surface area contributed by atoms with Crippen LogP contribution in [0, 0.1) is 0 Å². The van der Waals surface area contributed by atoms with Gasteiger partial charge < -0.3 is 26.2 Å². The lowest BCUT2D eigenvalue weighted by molar-refractivity contribution is -0.146. The number of carboxylic acid groups (broad SMARTS) is 1. The lowest BCUT2D eigenvalue weighted by Crippen LogP contribution is -2.38. The van der Waals surface area contributed by atoms with Crippen LogP contribution in [-0.2, 0) is 4.79 Å². The van der Waals surface area contributed by atoms with Crippen molar-refractivity contribution in [2.45, 2.75) is 37.8 Å². The maximum atomic E-state index is 11.2. The van der Waals surface area contributed by atoms with Crippen LogP contribution in [0.2, 0.25) is 0 Å². The first kappa shape index (κ1) is 14.7. The van der Waals surface area contributed by atoms with Gasteiger partial charge in [0.15, 0.2) is 6.10 Å². The Balaban J connectivity index is 1.88. The Morgan fingerprint density at radius 1 is 1.17 bits per heavy atom. The minimum absolute atomic E-state index is 0.00594. The van der Waals surface area contributed by atoms with E-state index in [-0.39, 0.29) is 19.0 Å². The van der Waals surface area contributed by atoms with E-state index in [2.05, 4.69) is 16.0 Å². The maximum Gasteiger partial charge on any atom is 0.332 e. The van der Waals surface area contributed by atoms with Crippen molar-refractivity contribution in [3.63, 3.8) is 0 Å². The lowest BCUT2D eigenvalue weighted by atomic mass is 10.2. The molecule has 0 radical (unpaired) electrons. The van der Waals surface area contributed by atoms with E-state index in [9.17, 15) is 9.59 Å². The van der Waals surface area contributed by atoms with Crippen molar-refractivity contribution in [1.29, 1.82) is 0 Å². The largest absolute Gasteiger partial charge is 0.479 e. The van der Waals surface area contributed by atoms with Crippen LogP contribution >= 0.6 is 0 Å². The predicted molar refractivity (Wildman–Crippen MR) is 65.3 cm³/mol. The van der Waals surface area contributed by atoms with E-state index in [1.165, 1.54) is 12.8 Å². The Hall–Kier alpha value is -1.34. The average molecular weight is 259 g/mol. The Bertz CT molecular complexity index is 281. The summed E-state index contributed by atoms with van der Waals surface area (Å²) in [5.41, 5.74) is 0. The van der Waals surface area contributed by atoms with Gasteiger partial charge in [0.2, 0.25) is 0 Å². The standard InChI is InChI=1S/C11H21N3O4/c15-9(10(16)17)4-7-14-11(18)13-6-1-5-12-8-2-3-8/h8-9,12,15H,1-7H2,(H,16,17)(H2,13,14,18). The SMILES string of the molecule is O=C(NCCCNC1CC1)NCCC(O)C(=O)O. The topological polar surface area (TPSA) is 111 Å². The molecule has 0 spiro atoms. The summed E-state index contributed by atoms with van der Waals surface area (Å²) in [6.45, 7) is 1.61. The first-order chi connectivity index (χ1) is 8.59. The number of aliphatic hydroxyl groups is 1. The summed E-state index contributed by atoms with van der Waals surface area (Å²) in [6.07, 6.45) is 1.95. The Kier molecular flexibility index (Phi) is 6.45. The first-order valence-corrected chi connectivity index (χ1v) is 6.25. The van der Waals surface area contributed by atoms with Crippen molar-refractivity contribution in [3.05, 3.63) is 0 Å². The van der Waals surface area contributed by atoms with E-state index < -0.39 is 12.1 Å². The number of aliphatic hydroxyl groups excluding tert-OH is 1. The van der Waals surface area contributed by atoms with Crippen LogP contribution < -0.4 is 16.0 Å². The predicted octanol–water partition coefficient (Wildman–Crippen LogP) is -0.737. The number of rotatable bonds is 9. The number of carbonyl (C=O) groups excluding carboxylic acids is 1. The maximum absolute atomic E-state index is 11.2. The zero-order valence-electron chi connectivity index (χ0n) is 10.3. The van der Waals surface area contributed by atoms with Gasteiger partial charge in [-0.2, -0.15) is 0 Å². The van der Waals surface area contributed by atoms with Gasteiger partial charge in [-0.05, 0) is 25.8 Å². The zero-order valence-corrected chi connectivity index (χ0v) is 10.3. The normalized spacial score (nSPS) is 16.1. The van der Waals surface area contributed by atoms with Crippen molar-refractivity contribution in [2.24, 2.45) is 0 Å². The van der Waals surface area contributed by atoms with Gasteiger partial charge >= 0.3 is 12.0 Å². The molecule has 7 heteroatoms. The van der Waals surface area contributed by atoms with Gasteiger partial charge in [0, 0.05) is 25.6 Å². The summed E-state index contributed by atoms with van der Waals surface area (Å²) in [4.78, 5) is 21.5. The summed E-state index contributed by atoms with van der Waals surface area (Å²) < 4.78 is 0. The van der Waals surface area contributed by atoms with Gasteiger partial charge in [0.25, 0.3) is 0 Å². The van der Waals surface area contributed by atoms with Crippen LogP contribution in [0.5, 0.6) is 0 Å². The Labute approximate surface area is 106 Å². The fourth-order valence-corrected chi connectivity index (χ4v) is 1.39. The molecular formula is C11H21N3O4. The monoisotopic (exact) mass is 259 g/mol. The molecule has 0 heterocycles. The minimum Gasteiger partial charge on any atom is -0.479 e. The smallest absolute Gasteiger partial charge is 0.332 e. The number of urea groups is 1. The molecule has 1 aliphatic rings. The molecule has 1 rings (SSSR count). The third kappa shape index (κ3) is 7.08. The molecule has 0 saturated heterocycles. The van der Waals surface area contributed by atoms with Gasteiger partial charge in [-0.3, -0.25) is 0 Å². The summed E-state index contributed by atoms with van der Waals surface area (Å²) in [5.74, 6) is -1.27. The second kappa shape index (κ2) is 7.88. The highest BCUT2D eigenvalue weighted by molar-refractivity contribution is 5.74. The summed E-state index contributed by atoms with van der Waals surface area (Å²) in [6, 6.07) is 0.343. The fourth-order valence-electron chi connectivity index (χ4n) is 1.39. The molecule has 0 bridgehead atoms. The molecule has 2 amide bonds. The summed E-state index contributed by atoms with van der Waals surface area (Å²) >= 11 is 0. The number of nitrogens with one attached hydrogen (secondary N) is 3. The van der Waals surface area contributed by atoms with Crippen molar-refractivity contribution >= 4 is 12.0 Å². The average Bonchev–Trinajstić information content (AvgIpc) is 3.12. The van der Waals surface area contributed by atoms with Crippen LogP contribution in [0.15, 0.2) is 0 Å². The van der Waals surface area contributed by atoms with Gasteiger partial charge in [-0.25, -0.2) is 9.59 Å². The van der Waals surface area contributed by atoms with E-state index in [4.69, 9.17) is 10.2 Å². The zero-order chi connectivity index (χ0) is 13.4. The molecule has 5 N–H and O–H groups in total. The third-order valence-corrected chi connectivity index (χ3v) is 2.64. The second-order valence-electron chi connectivity index (χ2n) is 4.41. The molecule has 0 aromatic rings. The highest BCUT2D eigenvalue weighted by Gasteiger charge is 2.19. The molecule has 0 aromatic heterocycles. The summed E-state index contributed by atoms with van der Waals surface area (Å²) in [5, 5.41) is 25.9. The van der Waals surface area contributed by atoms with Gasteiger partial charge in [0.1, 0.15) is 0 Å². The minimum atomic E-state index is -1.42. The first-order valence-electron chi connectivity index (χ1n) is 6.25. The Morgan fingerprint density at radius 2 is 1.83 bits per heavy atom. The number of aliphatic carboxylic acids is 1. The van der Waals surface area contributed by atoms with Crippen LogP contribution in [-0.4, -0.2) is 54.0 Å². The summed E-state index contributed by atoms with van der Waals surface area (Å²) in [7, 11) is 0. The van der Waals surface area contributed by atoms with Gasteiger partial charge in [-0.15, -0.1) is 0 Å². The molecule has 1 unspecified atom stereocenters.